The summed E-state index contributed by atoms with van der Waals surface area (Å²) in [6.07, 6.45) is 2.64. The molecule has 2 heterocycles. The predicted molar refractivity (Wildman–Crippen MR) is 82.6 cm³/mol. The molecule has 0 aliphatic carbocycles. The average Bonchev–Trinajstić information content (AvgIpc) is 2.91. The Hall–Kier alpha value is -1.36. The molecule has 0 radical (unpaired) electrons. The third kappa shape index (κ3) is 3.20. The van der Waals surface area contributed by atoms with Crippen LogP contribution in [0.2, 0.25) is 0 Å². The fourth-order valence-electron chi connectivity index (χ4n) is 2.58. The van der Waals surface area contributed by atoms with Gasteiger partial charge in [0.2, 0.25) is 0 Å². The van der Waals surface area contributed by atoms with E-state index in [9.17, 15) is 0 Å². The van der Waals surface area contributed by atoms with Crippen molar-refractivity contribution < 1.29 is 4.74 Å². The second kappa shape index (κ2) is 6.39. The molecule has 20 heavy (non-hydrogen) atoms. The van der Waals surface area contributed by atoms with Gasteiger partial charge >= 0.3 is 0 Å². The van der Waals surface area contributed by atoms with E-state index in [1.807, 2.05) is 7.05 Å². The molecule has 0 bridgehead atoms. The van der Waals surface area contributed by atoms with Gasteiger partial charge in [0.05, 0.1) is 6.10 Å². The zero-order valence-electron chi connectivity index (χ0n) is 13.2. The number of likely N-dealkylation sites (N-methyl/N-ethyl adjacent to an activating group) is 1. The Morgan fingerprint density at radius 2 is 2.15 bits per heavy atom. The lowest BCUT2D eigenvalue weighted by molar-refractivity contribution is 0.116. The van der Waals surface area contributed by atoms with Crippen LogP contribution in [0.15, 0.2) is 0 Å². The van der Waals surface area contributed by atoms with Crippen LogP contribution in [0.4, 0.5) is 11.6 Å². The number of aromatic nitrogens is 2. The molecule has 1 unspecified atom stereocenters. The molecule has 112 valence electrons. The van der Waals surface area contributed by atoms with Crippen molar-refractivity contribution >= 4 is 11.6 Å². The normalized spacial score (nSPS) is 18.6. The van der Waals surface area contributed by atoms with Crippen molar-refractivity contribution in [1.82, 2.24) is 9.97 Å². The van der Waals surface area contributed by atoms with Gasteiger partial charge in [-0.2, -0.15) is 0 Å². The number of nitrogens with zero attached hydrogens (tertiary/aromatic N) is 3. The van der Waals surface area contributed by atoms with E-state index < -0.39 is 0 Å². The maximum absolute atomic E-state index is 5.72. The summed E-state index contributed by atoms with van der Waals surface area (Å²) >= 11 is 0. The van der Waals surface area contributed by atoms with Crippen LogP contribution in [0.5, 0.6) is 0 Å². The number of hydrogen-bond acceptors (Lipinski definition) is 5. The molecule has 0 saturated carbocycles. The molecule has 0 aromatic carbocycles. The topological polar surface area (TPSA) is 50.3 Å². The van der Waals surface area contributed by atoms with Crippen LogP contribution in [-0.4, -0.2) is 43.3 Å². The zero-order chi connectivity index (χ0) is 14.7. The van der Waals surface area contributed by atoms with Gasteiger partial charge in [-0.1, -0.05) is 13.8 Å². The fraction of sp³-hybridized carbons (Fsp3) is 0.733. The maximum Gasteiger partial charge on any atom is 0.137 e. The Kier molecular flexibility index (Phi) is 4.81. The zero-order valence-corrected chi connectivity index (χ0v) is 13.2. The van der Waals surface area contributed by atoms with Crippen molar-refractivity contribution in [3.05, 3.63) is 11.4 Å². The minimum Gasteiger partial charge on any atom is -0.376 e. The van der Waals surface area contributed by atoms with Gasteiger partial charge in [-0.25, -0.2) is 9.97 Å². The minimum atomic E-state index is 0.317. The summed E-state index contributed by atoms with van der Waals surface area (Å²) in [5.74, 6) is 3.12. The van der Waals surface area contributed by atoms with Crippen molar-refractivity contribution in [1.29, 1.82) is 0 Å². The lowest BCUT2D eigenvalue weighted by Gasteiger charge is -2.25. The molecule has 1 aliphatic heterocycles. The number of hydrogen-bond donors (Lipinski definition) is 1. The van der Waals surface area contributed by atoms with Crippen molar-refractivity contribution in [3.63, 3.8) is 0 Å². The van der Waals surface area contributed by atoms with Crippen molar-refractivity contribution in [2.75, 3.05) is 37.5 Å². The van der Waals surface area contributed by atoms with E-state index in [1.165, 1.54) is 6.42 Å². The quantitative estimate of drug-likeness (QED) is 0.897. The molecular weight excluding hydrogens is 252 g/mol. The Morgan fingerprint density at radius 1 is 1.40 bits per heavy atom. The maximum atomic E-state index is 5.72. The molecule has 1 aliphatic rings. The van der Waals surface area contributed by atoms with E-state index in [-0.39, 0.29) is 0 Å². The second-order valence-electron chi connectivity index (χ2n) is 5.80. The smallest absolute Gasteiger partial charge is 0.137 e. The van der Waals surface area contributed by atoms with Crippen LogP contribution in [-0.2, 0) is 4.74 Å². The molecule has 1 saturated heterocycles. The highest BCUT2D eigenvalue weighted by atomic mass is 16.5. The van der Waals surface area contributed by atoms with Crippen LogP contribution in [0.25, 0.3) is 0 Å². The summed E-state index contributed by atoms with van der Waals surface area (Å²) in [4.78, 5) is 11.5. The fourth-order valence-corrected chi connectivity index (χ4v) is 2.58. The van der Waals surface area contributed by atoms with Crippen LogP contribution in [0, 0.1) is 6.92 Å². The molecular formula is C15H26N4O. The van der Waals surface area contributed by atoms with Gasteiger partial charge in [0.15, 0.2) is 0 Å². The number of nitrogens with one attached hydrogen (secondary N) is 1. The van der Waals surface area contributed by atoms with Gasteiger partial charge in [0, 0.05) is 38.7 Å². The number of ether oxygens (including phenoxy) is 1. The Labute approximate surface area is 121 Å². The molecule has 2 rings (SSSR count). The number of anilines is 2. The highest BCUT2D eigenvalue weighted by Gasteiger charge is 2.21. The summed E-state index contributed by atoms with van der Waals surface area (Å²) in [6.45, 7) is 8.08. The summed E-state index contributed by atoms with van der Waals surface area (Å²) in [5, 5.41) is 3.17. The van der Waals surface area contributed by atoms with E-state index in [0.717, 1.165) is 42.6 Å². The summed E-state index contributed by atoms with van der Waals surface area (Å²) in [7, 11) is 3.99. The van der Waals surface area contributed by atoms with E-state index in [4.69, 9.17) is 9.72 Å². The summed E-state index contributed by atoms with van der Waals surface area (Å²) in [5.41, 5.74) is 1.09. The summed E-state index contributed by atoms with van der Waals surface area (Å²) < 4.78 is 5.72. The van der Waals surface area contributed by atoms with E-state index in [1.54, 1.807) is 0 Å². The third-order valence-corrected chi connectivity index (χ3v) is 3.75. The lowest BCUT2D eigenvalue weighted by Crippen LogP contribution is -2.30. The van der Waals surface area contributed by atoms with Crippen molar-refractivity contribution in [2.45, 2.75) is 45.6 Å². The first kappa shape index (κ1) is 15.0. The van der Waals surface area contributed by atoms with Gasteiger partial charge in [0.1, 0.15) is 17.5 Å². The largest absolute Gasteiger partial charge is 0.376 e. The monoisotopic (exact) mass is 278 g/mol. The molecule has 1 aromatic rings. The van der Waals surface area contributed by atoms with Crippen LogP contribution in [0.3, 0.4) is 0 Å². The first-order valence-corrected chi connectivity index (χ1v) is 7.42. The van der Waals surface area contributed by atoms with Gasteiger partial charge in [-0.15, -0.1) is 0 Å². The third-order valence-electron chi connectivity index (χ3n) is 3.75. The molecule has 1 aromatic heterocycles. The number of rotatable bonds is 5. The van der Waals surface area contributed by atoms with Gasteiger partial charge in [-0.3, -0.25) is 0 Å². The Morgan fingerprint density at radius 3 is 2.70 bits per heavy atom. The summed E-state index contributed by atoms with van der Waals surface area (Å²) in [6, 6.07) is 0. The first-order chi connectivity index (χ1) is 9.52. The van der Waals surface area contributed by atoms with Crippen molar-refractivity contribution in [2.24, 2.45) is 0 Å². The predicted octanol–water partition coefficient (Wildman–Crippen LogP) is 2.57. The molecule has 1 fully saturated rings. The van der Waals surface area contributed by atoms with Crippen LogP contribution >= 0.6 is 0 Å². The first-order valence-electron chi connectivity index (χ1n) is 7.42. The molecule has 1 N–H and O–H groups in total. The standard InChI is InChI=1S/C15H26N4O/c1-10(2)13-17-14(16-4)11(3)15(18-13)19(5)9-12-7-6-8-20-12/h10,12H,6-9H2,1-5H3,(H,16,17,18). The lowest BCUT2D eigenvalue weighted by atomic mass is 10.2. The Bertz CT molecular complexity index is 455. The van der Waals surface area contributed by atoms with Crippen LogP contribution in [0.1, 0.15) is 44.0 Å². The van der Waals surface area contributed by atoms with Gasteiger partial charge < -0.3 is 15.0 Å². The van der Waals surface area contributed by atoms with Crippen LogP contribution < -0.4 is 10.2 Å². The Balaban J connectivity index is 2.25. The molecule has 5 nitrogen and oxygen atoms in total. The second-order valence-corrected chi connectivity index (χ2v) is 5.80. The molecule has 0 amide bonds. The highest BCUT2D eigenvalue weighted by molar-refractivity contribution is 5.58. The van der Waals surface area contributed by atoms with Crippen molar-refractivity contribution in [3.8, 4) is 0 Å². The average molecular weight is 278 g/mol. The SMILES string of the molecule is CNc1nc(C(C)C)nc(N(C)CC2CCCO2)c1C. The highest BCUT2D eigenvalue weighted by Crippen LogP contribution is 2.26. The van der Waals surface area contributed by atoms with E-state index >= 15 is 0 Å². The molecule has 0 spiro atoms. The van der Waals surface area contributed by atoms with E-state index in [0.29, 0.717) is 12.0 Å². The molecule has 1 atom stereocenters. The van der Waals surface area contributed by atoms with Gasteiger partial charge in [-0.05, 0) is 19.8 Å². The minimum absolute atomic E-state index is 0.317. The molecule has 5 heteroatoms. The van der Waals surface area contributed by atoms with Gasteiger partial charge in [0.25, 0.3) is 0 Å². The van der Waals surface area contributed by atoms with E-state index in [2.05, 4.69) is 43.0 Å².